The maximum absolute atomic E-state index is 9.29. The maximum atomic E-state index is 9.29. The van der Waals surface area contributed by atoms with Gasteiger partial charge in [-0.2, -0.15) is 5.26 Å². The fraction of sp³-hybridized carbons (Fsp3) is 0.611. The lowest BCUT2D eigenvalue weighted by Gasteiger charge is -2.25. The van der Waals surface area contributed by atoms with Crippen LogP contribution in [-0.2, 0) is 0 Å². The number of hydrogen-bond donors (Lipinski definition) is 1. The second-order valence-corrected chi connectivity index (χ2v) is 6.42. The van der Waals surface area contributed by atoms with Gasteiger partial charge in [0.1, 0.15) is 11.3 Å². The zero-order chi connectivity index (χ0) is 15.9. The van der Waals surface area contributed by atoms with Crippen LogP contribution in [0.2, 0.25) is 0 Å². The second kappa shape index (κ2) is 8.05. The van der Waals surface area contributed by atoms with Crippen molar-refractivity contribution < 1.29 is 4.74 Å². The predicted molar refractivity (Wildman–Crippen MR) is 87.5 cm³/mol. The van der Waals surface area contributed by atoms with E-state index >= 15 is 0 Å². The molecule has 0 saturated carbocycles. The Bertz CT molecular complexity index is 476. The standard InChI is InChI=1S/C18H28N2O/c1-14(2)16-8-6-9-17(12-16)21-11-7-10-18(5,13-19)20-15(3)4/h6,8-9,12,14-15,20H,7,10-11H2,1-5H3. The van der Waals surface area contributed by atoms with Crippen molar-refractivity contribution in [3.05, 3.63) is 29.8 Å². The highest BCUT2D eigenvalue weighted by atomic mass is 16.5. The molecule has 116 valence electrons. The SMILES string of the molecule is CC(C)NC(C)(C#N)CCCOc1cccc(C(C)C)c1. The lowest BCUT2D eigenvalue weighted by Crippen LogP contribution is -2.45. The Hall–Kier alpha value is -1.53. The summed E-state index contributed by atoms with van der Waals surface area (Å²) in [7, 11) is 0. The first-order chi connectivity index (χ1) is 9.86. The maximum Gasteiger partial charge on any atom is 0.119 e. The molecule has 1 unspecified atom stereocenters. The van der Waals surface area contributed by atoms with Crippen LogP contribution < -0.4 is 10.1 Å². The molecule has 0 saturated heterocycles. The number of nitrogens with one attached hydrogen (secondary N) is 1. The van der Waals surface area contributed by atoms with Gasteiger partial charge in [-0.3, -0.25) is 5.32 Å². The second-order valence-electron chi connectivity index (χ2n) is 6.42. The number of hydrogen-bond acceptors (Lipinski definition) is 3. The molecule has 0 spiro atoms. The zero-order valence-corrected chi connectivity index (χ0v) is 13.9. The quantitative estimate of drug-likeness (QED) is 0.727. The van der Waals surface area contributed by atoms with Gasteiger partial charge in [0.05, 0.1) is 12.7 Å². The molecule has 1 N–H and O–H groups in total. The monoisotopic (exact) mass is 288 g/mol. The summed E-state index contributed by atoms with van der Waals surface area (Å²) >= 11 is 0. The van der Waals surface area contributed by atoms with E-state index in [0.717, 1.165) is 18.6 Å². The first-order valence-electron chi connectivity index (χ1n) is 7.78. The largest absolute Gasteiger partial charge is 0.494 e. The minimum absolute atomic E-state index is 0.304. The van der Waals surface area contributed by atoms with Crippen LogP contribution in [0.5, 0.6) is 5.75 Å². The molecule has 1 aromatic rings. The van der Waals surface area contributed by atoms with Crippen LogP contribution in [-0.4, -0.2) is 18.2 Å². The van der Waals surface area contributed by atoms with Crippen molar-refractivity contribution in [1.29, 1.82) is 5.26 Å². The van der Waals surface area contributed by atoms with Gasteiger partial charge in [0, 0.05) is 6.04 Å². The van der Waals surface area contributed by atoms with E-state index in [1.165, 1.54) is 5.56 Å². The Morgan fingerprint density at radius 3 is 2.57 bits per heavy atom. The van der Waals surface area contributed by atoms with Crippen molar-refractivity contribution in [2.75, 3.05) is 6.61 Å². The summed E-state index contributed by atoms with van der Waals surface area (Å²) in [5.74, 6) is 1.42. The first kappa shape index (κ1) is 17.5. The van der Waals surface area contributed by atoms with E-state index in [0.29, 0.717) is 18.6 Å². The third kappa shape index (κ3) is 6.18. The Morgan fingerprint density at radius 2 is 2.00 bits per heavy atom. The molecule has 1 atom stereocenters. The zero-order valence-electron chi connectivity index (χ0n) is 13.9. The van der Waals surface area contributed by atoms with Gasteiger partial charge in [0.2, 0.25) is 0 Å². The molecular formula is C18H28N2O. The fourth-order valence-corrected chi connectivity index (χ4v) is 2.38. The highest BCUT2D eigenvalue weighted by molar-refractivity contribution is 5.30. The van der Waals surface area contributed by atoms with E-state index in [-0.39, 0.29) is 0 Å². The van der Waals surface area contributed by atoms with Crippen LogP contribution >= 0.6 is 0 Å². The molecule has 0 bridgehead atoms. The minimum Gasteiger partial charge on any atom is -0.494 e. The average Bonchev–Trinajstić information content (AvgIpc) is 2.43. The predicted octanol–water partition coefficient (Wildman–Crippen LogP) is 4.25. The molecule has 0 heterocycles. The van der Waals surface area contributed by atoms with Gasteiger partial charge in [-0.1, -0.05) is 26.0 Å². The number of benzene rings is 1. The molecule has 0 aliphatic heterocycles. The summed E-state index contributed by atoms with van der Waals surface area (Å²) < 4.78 is 5.80. The van der Waals surface area contributed by atoms with E-state index in [2.05, 4.69) is 51.2 Å². The smallest absolute Gasteiger partial charge is 0.119 e. The molecule has 1 rings (SSSR count). The van der Waals surface area contributed by atoms with Crippen molar-refractivity contribution in [1.82, 2.24) is 5.32 Å². The molecule has 0 radical (unpaired) electrons. The van der Waals surface area contributed by atoms with Crippen LogP contribution in [0, 0.1) is 11.3 Å². The Labute approximate surface area is 129 Å². The van der Waals surface area contributed by atoms with Crippen molar-refractivity contribution in [3.63, 3.8) is 0 Å². The van der Waals surface area contributed by atoms with Gasteiger partial charge >= 0.3 is 0 Å². The van der Waals surface area contributed by atoms with Crippen LogP contribution in [0.1, 0.15) is 58.9 Å². The molecule has 0 fully saturated rings. The van der Waals surface area contributed by atoms with E-state index in [9.17, 15) is 5.26 Å². The van der Waals surface area contributed by atoms with Gasteiger partial charge in [-0.25, -0.2) is 0 Å². The summed E-state index contributed by atoms with van der Waals surface area (Å²) in [5.41, 5.74) is 0.813. The average molecular weight is 288 g/mol. The summed E-state index contributed by atoms with van der Waals surface area (Å²) in [6.07, 6.45) is 1.64. The molecule has 0 aromatic heterocycles. The van der Waals surface area contributed by atoms with Crippen LogP contribution in [0.25, 0.3) is 0 Å². The molecule has 3 nitrogen and oxygen atoms in total. The van der Waals surface area contributed by atoms with Gasteiger partial charge in [0.25, 0.3) is 0 Å². The highest BCUT2D eigenvalue weighted by Crippen LogP contribution is 2.20. The molecule has 1 aromatic carbocycles. The van der Waals surface area contributed by atoms with E-state index < -0.39 is 5.54 Å². The summed E-state index contributed by atoms with van der Waals surface area (Å²) in [6, 6.07) is 10.9. The molecule has 21 heavy (non-hydrogen) atoms. The fourth-order valence-electron chi connectivity index (χ4n) is 2.38. The lowest BCUT2D eigenvalue weighted by atomic mass is 9.97. The summed E-state index contributed by atoms with van der Waals surface area (Å²) in [4.78, 5) is 0. The topological polar surface area (TPSA) is 45.0 Å². The Kier molecular flexibility index (Phi) is 6.71. The molecular weight excluding hydrogens is 260 g/mol. The van der Waals surface area contributed by atoms with Gasteiger partial charge in [0.15, 0.2) is 0 Å². The molecule has 3 heteroatoms. The Balaban J connectivity index is 2.43. The molecule has 0 aliphatic carbocycles. The van der Waals surface area contributed by atoms with E-state index in [1.54, 1.807) is 0 Å². The summed E-state index contributed by atoms with van der Waals surface area (Å²) in [5, 5.41) is 12.6. The van der Waals surface area contributed by atoms with Gasteiger partial charge in [-0.15, -0.1) is 0 Å². The van der Waals surface area contributed by atoms with E-state index in [4.69, 9.17) is 4.74 Å². The Morgan fingerprint density at radius 1 is 1.29 bits per heavy atom. The van der Waals surface area contributed by atoms with Crippen molar-refractivity contribution in [2.24, 2.45) is 0 Å². The molecule has 0 amide bonds. The van der Waals surface area contributed by atoms with Gasteiger partial charge in [-0.05, 0) is 57.2 Å². The molecule has 0 aliphatic rings. The first-order valence-corrected chi connectivity index (χ1v) is 7.78. The van der Waals surface area contributed by atoms with Crippen molar-refractivity contribution in [3.8, 4) is 11.8 Å². The number of nitrogens with zero attached hydrogens (tertiary/aromatic N) is 1. The highest BCUT2D eigenvalue weighted by Gasteiger charge is 2.23. The van der Waals surface area contributed by atoms with Gasteiger partial charge < -0.3 is 4.74 Å². The normalized spacial score (nSPS) is 14.0. The number of ether oxygens (including phenoxy) is 1. The number of nitriles is 1. The lowest BCUT2D eigenvalue weighted by molar-refractivity contribution is 0.280. The van der Waals surface area contributed by atoms with Crippen LogP contribution in [0.15, 0.2) is 24.3 Å². The minimum atomic E-state index is -0.475. The van der Waals surface area contributed by atoms with Crippen LogP contribution in [0.3, 0.4) is 0 Å². The third-order valence-corrected chi connectivity index (χ3v) is 3.47. The van der Waals surface area contributed by atoms with Crippen molar-refractivity contribution in [2.45, 2.75) is 65.0 Å². The third-order valence-electron chi connectivity index (χ3n) is 3.47. The van der Waals surface area contributed by atoms with Crippen LogP contribution in [0.4, 0.5) is 0 Å². The summed E-state index contributed by atoms with van der Waals surface area (Å²) in [6.45, 7) is 11.1. The van der Waals surface area contributed by atoms with E-state index in [1.807, 2.05) is 19.1 Å². The number of rotatable bonds is 8. The van der Waals surface area contributed by atoms with Crippen molar-refractivity contribution >= 4 is 0 Å².